The number of carbonyl (C=O) groups excluding carboxylic acids is 3. The van der Waals surface area contributed by atoms with Crippen molar-refractivity contribution in [2.75, 3.05) is 16.0 Å². The second kappa shape index (κ2) is 14.5. The summed E-state index contributed by atoms with van der Waals surface area (Å²) in [5.41, 5.74) is 0.574. The lowest BCUT2D eigenvalue weighted by Gasteiger charge is -2.13. The number of benzene rings is 7. The predicted octanol–water partition coefficient (Wildman–Crippen LogP) is 6.64. The van der Waals surface area contributed by atoms with Crippen LogP contribution in [-0.4, -0.2) is 56.6 Å². The molecule has 288 valence electrons. The van der Waals surface area contributed by atoms with Crippen molar-refractivity contribution in [3.63, 3.8) is 0 Å². The van der Waals surface area contributed by atoms with E-state index in [-0.39, 0.29) is 48.4 Å². The van der Waals surface area contributed by atoms with Gasteiger partial charge in [0.25, 0.3) is 48.1 Å². The summed E-state index contributed by atoms with van der Waals surface area (Å²) in [7, 11) is -13.3. The number of carbonyl (C=O) groups is 3. The van der Waals surface area contributed by atoms with Gasteiger partial charge in [-0.25, -0.2) is 0 Å². The zero-order valence-corrected chi connectivity index (χ0v) is 31.3. The van der Waals surface area contributed by atoms with Crippen LogP contribution in [0.2, 0.25) is 0 Å². The van der Waals surface area contributed by atoms with Crippen LogP contribution in [0.3, 0.4) is 0 Å². The summed E-state index contributed by atoms with van der Waals surface area (Å²) in [6.45, 7) is 0. The first-order valence-electron chi connectivity index (χ1n) is 16.4. The van der Waals surface area contributed by atoms with Crippen molar-refractivity contribution in [1.29, 1.82) is 0 Å². The SMILES string of the molecule is O=C(Nc1ccc2cc(S(=O)(=O)O)ccc2c1)c1cc(C(=O)Nc2ccc3cc(S(=O)(=O)O)ccc3c2)cc(C(=O)Nc2ccc3cc(S(=O)(=O)O)ccc3c2)c1. The first-order chi connectivity index (χ1) is 26.8. The molecule has 0 radical (unpaired) electrons. The van der Waals surface area contributed by atoms with Gasteiger partial charge in [-0.15, -0.1) is 0 Å². The van der Waals surface area contributed by atoms with Gasteiger partial charge in [-0.3, -0.25) is 28.0 Å². The minimum absolute atomic E-state index is 0.0953. The number of hydrogen-bond donors (Lipinski definition) is 6. The highest BCUT2D eigenvalue weighted by atomic mass is 32.2. The molecule has 0 aliphatic heterocycles. The molecule has 6 N–H and O–H groups in total. The lowest BCUT2D eigenvalue weighted by atomic mass is 10.0. The number of anilines is 3. The molecule has 15 nitrogen and oxygen atoms in total. The molecule has 0 bridgehead atoms. The molecule has 0 saturated carbocycles. The van der Waals surface area contributed by atoms with Crippen LogP contribution in [0.5, 0.6) is 0 Å². The Labute approximate surface area is 324 Å². The van der Waals surface area contributed by atoms with E-state index in [1.54, 1.807) is 18.2 Å². The summed E-state index contributed by atoms with van der Waals surface area (Å²) < 4.78 is 97.6. The molecular formula is C39H27N3O12S3. The molecule has 0 spiro atoms. The Hall–Kier alpha value is -6.54. The summed E-state index contributed by atoms with van der Waals surface area (Å²) in [4.78, 5) is 40.1. The molecule has 0 aromatic heterocycles. The lowest BCUT2D eigenvalue weighted by Crippen LogP contribution is -2.19. The van der Waals surface area contributed by atoms with E-state index in [0.717, 1.165) is 0 Å². The Bertz CT molecular complexity index is 2850. The van der Waals surface area contributed by atoms with E-state index in [1.807, 2.05) is 0 Å². The first kappa shape index (κ1) is 38.7. The molecular weight excluding hydrogens is 799 g/mol. The molecule has 0 heterocycles. The van der Waals surface area contributed by atoms with Crippen molar-refractivity contribution in [2.45, 2.75) is 14.7 Å². The Morgan fingerprint density at radius 3 is 0.807 bits per heavy atom. The van der Waals surface area contributed by atoms with Crippen LogP contribution in [0.4, 0.5) is 17.1 Å². The monoisotopic (exact) mass is 825 g/mol. The zero-order valence-electron chi connectivity index (χ0n) is 28.9. The van der Waals surface area contributed by atoms with E-state index >= 15 is 0 Å². The minimum Gasteiger partial charge on any atom is -0.322 e. The average Bonchev–Trinajstić information content (AvgIpc) is 3.15. The largest absolute Gasteiger partial charge is 0.322 e. The van der Waals surface area contributed by atoms with Gasteiger partial charge in [-0.2, -0.15) is 25.3 Å². The highest BCUT2D eigenvalue weighted by Gasteiger charge is 2.19. The van der Waals surface area contributed by atoms with Crippen molar-refractivity contribution in [2.24, 2.45) is 0 Å². The maximum absolute atomic E-state index is 13.7. The van der Waals surface area contributed by atoms with Crippen molar-refractivity contribution >= 4 is 97.5 Å². The van der Waals surface area contributed by atoms with E-state index in [4.69, 9.17) is 0 Å². The van der Waals surface area contributed by atoms with Gasteiger partial charge in [0, 0.05) is 33.8 Å². The third-order valence-corrected chi connectivity index (χ3v) is 11.4. The van der Waals surface area contributed by atoms with Gasteiger partial charge < -0.3 is 16.0 Å². The second-order valence-corrected chi connectivity index (χ2v) is 17.0. The number of amides is 3. The highest BCUT2D eigenvalue weighted by Crippen LogP contribution is 2.27. The smallest absolute Gasteiger partial charge is 0.294 e. The van der Waals surface area contributed by atoms with Crippen LogP contribution in [0.25, 0.3) is 32.3 Å². The van der Waals surface area contributed by atoms with Gasteiger partial charge in [0.05, 0.1) is 14.7 Å². The summed E-state index contributed by atoms with van der Waals surface area (Å²) in [6.07, 6.45) is 0. The number of hydrogen-bond acceptors (Lipinski definition) is 9. The third-order valence-electron chi connectivity index (χ3n) is 8.82. The Kier molecular flexibility index (Phi) is 9.86. The Morgan fingerprint density at radius 1 is 0.333 bits per heavy atom. The Morgan fingerprint density at radius 2 is 0.561 bits per heavy atom. The quantitative estimate of drug-likeness (QED) is 0.0838. The first-order valence-corrected chi connectivity index (χ1v) is 20.8. The Balaban J connectivity index is 1.20. The summed E-state index contributed by atoms with van der Waals surface area (Å²) in [5.74, 6) is -2.14. The third kappa shape index (κ3) is 8.65. The van der Waals surface area contributed by atoms with Crippen LogP contribution < -0.4 is 16.0 Å². The predicted molar refractivity (Wildman–Crippen MR) is 212 cm³/mol. The van der Waals surface area contributed by atoms with Crippen molar-refractivity contribution in [3.8, 4) is 0 Å². The van der Waals surface area contributed by atoms with E-state index in [9.17, 15) is 53.3 Å². The minimum atomic E-state index is -4.45. The molecule has 18 heteroatoms. The van der Waals surface area contributed by atoms with Crippen molar-refractivity contribution in [1.82, 2.24) is 0 Å². The lowest BCUT2D eigenvalue weighted by molar-refractivity contribution is 0.102. The van der Waals surface area contributed by atoms with Crippen molar-refractivity contribution in [3.05, 3.63) is 144 Å². The molecule has 57 heavy (non-hydrogen) atoms. The molecule has 0 saturated heterocycles. The van der Waals surface area contributed by atoms with Gasteiger partial charge in [0.2, 0.25) is 0 Å². The molecule has 7 rings (SSSR count). The number of rotatable bonds is 9. The molecule has 7 aromatic rings. The topological polar surface area (TPSA) is 250 Å². The second-order valence-electron chi connectivity index (χ2n) is 12.8. The van der Waals surface area contributed by atoms with Crippen LogP contribution in [-0.2, 0) is 30.4 Å². The summed E-state index contributed by atoms with van der Waals surface area (Å²) in [5, 5.41) is 11.1. The van der Waals surface area contributed by atoms with E-state index in [0.29, 0.717) is 32.3 Å². The molecule has 0 fully saturated rings. The maximum atomic E-state index is 13.7. The summed E-state index contributed by atoms with van der Waals surface area (Å²) in [6, 6.07) is 29.3. The molecule has 7 aromatic carbocycles. The van der Waals surface area contributed by atoms with Gasteiger partial charge in [0.15, 0.2) is 0 Å². The molecule has 0 aliphatic carbocycles. The van der Waals surface area contributed by atoms with Gasteiger partial charge in [-0.05, 0) is 123 Å². The average molecular weight is 826 g/mol. The standard InChI is InChI=1S/C39H27N3O12S3/c43-37(40-31-7-1-25-19-34(55(46,47)48)10-4-22(25)16-31)28-13-29(38(44)41-32-8-2-26-20-35(56(49,50)51)11-5-23(26)17-32)15-30(14-28)39(45)42-33-9-3-27-21-36(57(52,53)54)12-6-24(27)18-33/h1-21H,(H,40,43)(H,41,44)(H,42,45)(H,46,47,48)(H,49,50,51)(H,52,53,54). The number of nitrogens with one attached hydrogen (secondary N) is 3. The highest BCUT2D eigenvalue weighted by molar-refractivity contribution is 7.86. The van der Waals surface area contributed by atoms with Crippen LogP contribution in [0, 0.1) is 0 Å². The fourth-order valence-corrected chi connectivity index (χ4v) is 7.56. The summed E-state index contributed by atoms with van der Waals surface area (Å²) >= 11 is 0. The van der Waals surface area contributed by atoms with Gasteiger partial charge in [-0.1, -0.05) is 36.4 Å². The van der Waals surface area contributed by atoms with E-state index in [2.05, 4.69) is 16.0 Å². The van der Waals surface area contributed by atoms with Gasteiger partial charge in [0.1, 0.15) is 0 Å². The maximum Gasteiger partial charge on any atom is 0.294 e. The number of fused-ring (bicyclic) bond motifs is 3. The van der Waals surface area contributed by atoms with Crippen LogP contribution in [0.1, 0.15) is 31.1 Å². The zero-order chi connectivity index (χ0) is 40.9. The fraction of sp³-hybridized carbons (Fsp3) is 0. The van der Waals surface area contributed by atoms with Crippen LogP contribution >= 0.6 is 0 Å². The molecule has 3 amide bonds. The van der Waals surface area contributed by atoms with E-state index < -0.39 is 48.1 Å². The van der Waals surface area contributed by atoms with Crippen molar-refractivity contribution < 1.29 is 53.3 Å². The van der Waals surface area contributed by atoms with E-state index in [1.165, 1.54) is 109 Å². The van der Waals surface area contributed by atoms with Crippen LogP contribution in [0.15, 0.2) is 142 Å². The molecule has 0 atom stereocenters. The molecule has 0 unspecified atom stereocenters. The van der Waals surface area contributed by atoms with Gasteiger partial charge >= 0.3 is 0 Å². The normalized spacial score (nSPS) is 12.1. The molecule has 0 aliphatic rings. The fourth-order valence-electron chi connectivity index (χ4n) is 6.02.